The lowest BCUT2D eigenvalue weighted by atomic mass is 9.87. The van der Waals surface area contributed by atoms with Crippen molar-refractivity contribution in [1.82, 2.24) is 4.98 Å². The van der Waals surface area contributed by atoms with Crippen molar-refractivity contribution in [3.05, 3.63) is 59.1 Å². The van der Waals surface area contributed by atoms with Gasteiger partial charge >= 0.3 is 0 Å². The van der Waals surface area contributed by atoms with Crippen LogP contribution in [-0.4, -0.2) is 68.4 Å². The number of thiazole rings is 1. The number of aliphatic hydroxyl groups is 4. The van der Waals surface area contributed by atoms with E-state index in [-0.39, 0.29) is 25.4 Å². The smallest absolute Gasteiger partial charge is 0.204 e. The number of aromatic nitrogens is 1. The van der Waals surface area contributed by atoms with E-state index in [1.807, 2.05) is 36.4 Å². The van der Waals surface area contributed by atoms with E-state index in [2.05, 4.69) is 10.3 Å². The second-order valence-corrected chi connectivity index (χ2v) is 8.34. The fraction of sp³-hybridized carbons (Fsp3) is 0.333. The van der Waals surface area contributed by atoms with Gasteiger partial charge in [0.15, 0.2) is 11.4 Å². The van der Waals surface area contributed by atoms with Crippen LogP contribution in [0.25, 0.3) is 10.8 Å². The number of rotatable bonds is 6. The first-order valence-electron chi connectivity index (χ1n) is 9.48. The molecule has 5 N–H and O–H groups in total. The number of carbonyl (C=O) groups is 1. The second-order valence-electron chi connectivity index (χ2n) is 7.31. The number of ketones is 1. The summed E-state index contributed by atoms with van der Waals surface area (Å²) in [5, 5.41) is 45.0. The third-order valence-electron chi connectivity index (χ3n) is 5.25. The molecule has 1 fully saturated rings. The van der Waals surface area contributed by atoms with Crippen LogP contribution in [0.2, 0.25) is 0 Å². The maximum atomic E-state index is 12.8. The molecule has 0 spiro atoms. The maximum Gasteiger partial charge on any atom is 0.204 e. The molecule has 3 aromatic rings. The number of anilines is 1. The Bertz CT molecular complexity index is 1060. The molecule has 4 unspecified atom stereocenters. The Balaban J connectivity index is 1.47. The first-order valence-corrected chi connectivity index (χ1v) is 10.3. The van der Waals surface area contributed by atoms with Crippen molar-refractivity contribution in [3.8, 4) is 0 Å². The van der Waals surface area contributed by atoms with Crippen molar-refractivity contribution < 1.29 is 30.0 Å². The van der Waals surface area contributed by atoms with Crippen molar-refractivity contribution in [3.63, 3.8) is 0 Å². The van der Waals surface area contributed by atoms with Crippen molar-refractivity contribution in [1.29, 1.82) is 0 Å². The minimum atomic E-state index is -1.73. The molecule has 0 bridgehead atoms. The first-order chi connectivity index (χ1) is 14.4. The van der Waals surface area contributed by atoms with Gasteiger partial charge in [0.2, 0.25) is 5.78 Å². The standard InChI is InChI=1S/C21H22N2O6S/c24-8-7-21(28)11-29-19(17(26)18(21)27)23-20-22-10-15(30-20)16(25)14-6-5-12-3-1-2-4-13(12)9-14/h1-6,9-10,17-19,24,26-28H,7-8,11H2,(H,22,23). The Kier molecular flexibility index (Phi) is 5.83. The topological polar surface area (TPSA) is 132 Å². The molecule has 1 saturated heterocycles. The first kappa shape index (κ1) is 20.9. The van der Waals surface area contributed by atoms with E-state index in [0.29, 0.717) is 15.6 Å². The average Bonchev–Trinajstić information content (AvgIpc) is 3.22. The molecule has 9 heteroatoms. The zero-order valence-corrected chi connectivity index (χ0v) is 16.7. The van der Waals surface area contributed by atoms with Crippen LogP contribution in [-0.2, 0) is 4.74 Å². The van der Waals surface area contributed by atoms with E-state index < -0.39 is 24.0 Å². The van der Waals surface area contributed by atoms with Crippen molar-refractivity contribution in [2.75, 3.05) is 18.5 Å². The number of aliphatic hydroxyl groups excluding tert-OH is 3. The van der Waals surface area contributed by atoms with Gasteiger partial charge in [-0.2, -0.15) is 0 Å². The molecule has 0 amide bonds. The zero-order valence-electron chi connectivity index (χ0n) is 15.9. The van der Waals surface area contributed by atoms with Crippen LogP contribution in [0.3, 0.4) is 0 Å². The molecule has 2 heterocycles. The predicted molar refractivity (Wildman–Crippen MR) is 112 cm³/mol. The van der Waals surface area contributed by atoms with Crippen LogP contribution >= 0.6 is 11.3 Å². The van der Waals surface area contributed by atoms with E-state index >= 15 is 0 Å². The van der Waals surface area contributed by atoms with Gasteiger partial charge < -0.3 is 30.5 Å². The SMILES string of the molecule is O=C(c1ccc2ccccc2c1)c1cnc(NC2OCC(O)(CCO)C(O)C2O)s1. The van der Waals surface area contributed by atoms with Gasteiger partial charge in [-0.1, -0.05) is 47.7 Å². The molecule has 1 aromatic heterocycles. The van der Waals surface area contributed by atoms with Crippen LogP contribution in [0.15, 0.2) is 48.7 Å². The van der Waals surface area contributed by atoms with E-state index in [1.165, 1.54) is 6.20 Å². The third kappa shape index (κ3) is 3.95. The van der Waals surface area contributed by atoms with Crippen LogP contribution in [0, 0.1) is 0 Å². The normalized spacial score (nSPS) is 26.6. The third-order valence-corrected chi connectivity index (χ3v) is 6.18. The maximum absolute atomic E-state index is 12.8. The van der Waals surface area contributed by atoms with Crippen LogP contribution in [0.1, 0.15) is 21.7 Å². The predicted octanol–water partition coefficient (Wildman–Crippen LogP) is 1.13. The lowest BCUT2D eigenvalue weighted by molar-refractivity contribution is -0.232. The van der Waals surface area contributed by atoms with E-state index in [9.17, 15) is 20.1 Å². The number of fused-ring (bicyclic) bond motifs is 1. The number of benzene rings is 2. The summed E-state index contributed by atoms with van der Waals surface area (Å²) in [5.41, 5.74) is -1.19. The van der Waals surface area contributed by atoms with E-state index in [4.69, 9.17) is 9.84 Å². The number of carbonyl (C=O) groups excluding carboxylic acids is 1. The van der Waals surface area contributed by atoms with Gasteiger partial charge in [-0.15, -0.1) is 0 Å². The lowest BCUT2D eigenvalue weighted by Gasteiger charge is -2.43. The van der Waals surface area contributed by atoms with Crippen molar-refractivity contribution in [2.45, 2.75) is 30.5 Å². The highest BCUT2D eigenvalue weighted by Gasteiger charge is 2.48. The number of ether oxygens (including phenoxy) is 1. The lowest BCUT2D eigenvalue weighted by Crippen LogP contribution is -2.63. The molecular formula is C21H22N2O6S. The van der Waals surface area contributed by atoms with Crippen LogP contribution < -0.4 is 5.32 Å². The summed E-state index contributed by atoms with van der Waals surface area (Å²) in [7, 11) is 0. The fourth-order valence-electron chi connectivity index (χ4n) is 3.48. The summed E-state index contributed by atoms with van der Waals surface area (Å²) < 4.78 is 5.43. The Morgan fingerprint density at radius 3 is 2.77 bits per heavy atom. The van der Waals surface area contributed by atoms with Gasteiger partial charge in [0.05, 0.1) is 17.7 Å². The molecule has 0 saturated carbocycles. The highest BCUT2D eigenvalue weighted by atomic mass is 32.1. The van der Waals surface area contributed by atoms with Crippen LogP contribution in [0.4, 0.5) is 5.13 Å². The van der Waals surface area contributed by atoms with E-state index in [1.54, 1.807) is 6.07 Å². The number of nitrogens with zero attached hydrogens (tertiary/aromatic N) is 1. The Morgan fingerprint density at radius 2 is 2.00 bits per heavy atom. The summed E-state index contributed by atoms with van der Waals surface area (Å²) in [5.74, 6) is -0.172. The number of nitrogens with one attached hydrogen (secondary N) is 1. The van der Waals surface area contributed by atoms with Gasteiger partial charge in [-0.3, -0.25) is 4.79 Å². The molecule has 158 valence electrons. The second kappa shape index (κ2) is 8.38. The largest absolute Gasteiger partial charge is 0.396 e. The molecule has 0 radical (unpaired) electrons. The molecule has 4 rings (SSSR count). The van der Waals surface area contributed by atoms with Gasteiger partial charge in [0.25, 0.3) is 0 Å². The highest BCUT2D eigenvalue weighted by molar-refractivity contribution is 7.17. The minimum absolute atomic E-state index is 0.125. The molecule has 0 aliphatic carbocycles. The monoisotopic (exact) mass is 430 g/mol. The van der Waals surface area contributed by atoms with Crippen molar-refractivity contribution in [2.24, 2.45) is 0 Å². The number of hydrogen-bond donors (Lipinski definition) is 5. The average molecular weight is 430 g/mol. The minimum Gasteiger partial charge on any atom is -0.396 e. The summed E-state index contributed by atoms with van der Waals surface area (Å²) in [6.07, 6.45) is -2.65. The highest BCUT2D eigenvalue weighted by Crippen LogP contribution is 2.30. The molecule has 2 aromatic carbocycles. The fourth-order valence-corrected chi connectivity index (χ4v) is 4.29. The summed E-state index contributed by atoms with van der Waals surface area (Å²) in [4.78, 5) is 17.4. The summed E-state index contributed by atoms with van der Waals surface area (Å²) in [6, 6.07) is 13.3. The summed E-state index contributed by atoms with van der Waals surface area (Å²) >= 11 is 1.10. The van der Waals surface area contributed by atoms with Gasteiger partial charge in [0, 0.05) is 18.6 Å². The molecule has 1 aliphatic heterocycles. The Labute approximate surface area is 176 Å². The number of hydrogen-bond acceptors (Lipinski definition) is 9. The zero-order chi connectivity index (χ0) is 21.3. The van der Waals surface area contributed by atoms with E-state index in [0.717, 1.165) is 22.1 Å². The quantitative estimate of drug-likeness (QED) is 0.368. The van der Waals surface area contributed by atoms with Gasteiger partial charge in [-0.05, 0) is 16.8 Å². The van der Waals surface area contributed by atoms with Gasteiger partial charge in [0.1, 0.15) is 17.8 Å². The molecular weight excluding hydrogens is 408 g/mol. The summed E-state index contributed by atoms with van der Waals surface area (Å²) in [6.45, 7) is -0.619. The Morgan fingerprint density at radius 1 is 1.23 bits per heavy atom. The molecule has 8 nitrogen and oxygen atoms in total. The molecule has 30 heavy (non-hydrogen) atoms. The Hall–Kier alpha value is -2.40. The van der Waals surface area contributed by atoms with Gasteiger partial charge in [-0.25, -0.2) is 4.98 Å². The molecule has 1 aliphatic rings. The van der Waals surface area contributed by atoms with Crippen LogP contribution in [0.5, 0.6) is 0 Å². The van der Waals surface area contributed by atoms with Crippen molar-refractivity contribution >= 4 is 33.0 Å². The molecule has 4 atom stereocenters.